The molecule has 0 bridgehead atoms. The molecule has 0 amide bonds. The molecule has 0 saturated carbocycles. The lowest BCUT2D eigenvalue weighted by molar-refractivity contribution is -0.160. The van der Waals surface area contributed by atoms with Gasteiger partial charge in [0.25, 0.3) is 0 Å². The summed E-state index contributed by atoms with van der Waals surface area (Å²) in [4.78, 5) is 41.8. The van der Waals surface area contributed by atoms with Crippen molar-refractivity contribution in [2.24, 2.45) is 5.92 Å². The molecule has 0 unspecified atom stereocenters. The fourth-order valence-electron chi connectivity index (χ4n) is 5.65. The van der Waals surface area contributed by atoms with Crippen molar-refractivity contribution in [2.75, 3.05) is 20.8 Å². The molecule has 0 N–H and O–H groups in total. The van der Waals surface area contributed by atoms with Gasteiger partial charge in [0.05, 0.1) is 43.4 Å². The molecule has 4 atom stereocenters. The maximum atomic E-state index is 13.6. The van der Waals surface area contributed by atoms with Crippen LogP contribution in [0.5, 0.6) is 0 Å². The molecule has 0 spiro atoms. The standard InChI is InChI=1S/C28H25N3O5/c1-35-26(33)25(32)24-23(21-11-9-20(17-30)10-12-21)22-4-3-15-31(22)28(24,27(34)36-2)14-13-18-5-7-19(16-29)8-6-18/h5-14,22-24H,3-4,15H2,1-2H3/b14-13+/t22-,23-,24-,28+/m0/s1. The van der Waals surface area contributed by atoms with Gasteiger partial charge in [-0.3, -0.25) is 9.69 Å². The van der Waals surface area contributed by atoms with Crippen LogP contribution in [0.1, 0.15) is 41.0 Å². The van der Waals surface area contributed by atoms with E-state index in [0.29, 0.717) is 17.7 Å². The molecule has 0 radical (unpaired) electrons. The van der Waals surface area contributed by atoms with E-state index in [2.05, 4.69) is 12.1 Å². The lowest BCUT2D eigenvalue weighted by Crippen LogP contribution is -2.56. The van der Waals surface area contributed by atoms with E-state index in [-0.39, 0.29) is 6.04 Å². The topological polar surface area (TPSA) is 120 Å². The molecule has 2 aromatic carbocycles. The second-order valence-electron chi connectivity index (χ2n) is 8.88. The van der Waals surface area contributed by atoms with Crippen molar-refractivity contribution in [3.05, 3.63) is 76.9 Å². The highest BCUT2D eigenvalue weighted by atomic mass is 16.5. The molecule has 2 aromatic rings. The number of nitrogens with zero attached hydrogens (tertiary/aromatic N) is 3. The Labute approximate surface area is 209 Å². The van der Waals surface area contributed by atoms with Crippen molar-refractivity contribution >= 4 is 23.8 Å². The van der Waals surface area contributed by atoms with Crippen LogP contribution in [-0.4, -0.2) is 55.0 Å². The minimum atomic E-state index is -1.55. The Balaban J connectivity index is 1.91. The van der Waals surface area contributed by atoms with Crippen LogP contribution in [0.2, 0.25) is 0 Å². The average Bonchev–Trinajstić information content (AvgIpc) is 3.51. The Bertz CT molecular complexity index is 1290. The minimum absolute atomic E-state index is 0.207. The second-order valence-corrected chi connectivity index (χ2v) is 8.88. The summed E-state index contributed by atoms with van der Waals surface area (Å²) in [5.41, 5.74) is 0.892. The number of ketones is 1. The maximum Gasteiger partial charge on any atom is 0.374 e. The molecular weight excluding hydrogens is 458 g/mol. The summed E-state index contributed by atoms with van der Waals surface area (Å²) in [5.74, 6) is -4.09. The number of esters is 2. The first kappa shape index (κ1) is 24.8. The number of carbonyl (C=O) groups is 3. The van der Waals surface area contributed by atoms with Crippen molar-refractivity contribution in [1.29, 1.82) is 10.5 Å². The highest BCUT2D eigenvalue weighted by molar-refractivity contribution is 6.35. The number of hydrogen-bond donors (Lipinski definition) is 0. The van der Waals surface area contributed by atoms with Gasteiger partial charge in [0, 0.05) is 12.0 Å². The van der Waals surface area contributed by atoms with Crippen molar-refractivity contribution in [3.8, 4) is 12.1 Å². The van der Waals surface area contributed by atoms with Crippen molar-refractivity contribution in [3.63, 3.8) is 0 Å². The van der Waals surface area contributed by atoms with E-state index in [4.69, 9.17) is 14.7 Å². The van der Waals surface area contributed by atoms with Crippen molar-refractivity contribution < 1.29 is 23.9 Å². The highest BCUT2D eigenvalue weighted by Crippen LogP contribution is 2.54. The second kappa shape index (κ2) is 10.2. The van der Waals surface area contributed by atoms with Crippen LogP contribution >= 0.6 is 0 Å². The lowest BCUT2D eigenvalue weighted by Gasteiger charge is -2.36. The molecule has 36 heavy (non-hydrogen) atoms. The molecular formula is C28H25N3O5. The van der Waals surface area contributed by atoms with Gasteiger partial charge in [0.15, 0.2) is 0 Å². The summed E-state index contributed by atoms with van der Waals surface area (Å²) in [5, 5.41) is 18.3. The molecule has 182 valence electrons. The van der Waals surface area contributed by atoms with E-state index >= 15 is 0 Å². The van der Waals surface area contributed by atoms with Gasteiger partial charge in [-0.2, -0.15) is 10.5 Å². The number of fused-ring (bicyclic) bond motifs is 1. The quantitative estimate of drug-likeness (QED) is 0.454. The number of nitriles is 2. The third-order valence-corrected chi connectivity index (χ3v) is 7.20. The largest absolute Gasteiger partial charge is 0.467 e. The van der Waals surface area contributed by atoms with Crippen molar-refractivity contribution in [2.45, 2.75) is 30.3 Å². The summed E-state index contributed by atoms with van der Waals surface area (Å²) in [6.45, 7) is 0.537. The van der Waals surface area contributed by atoms with Crippen LogP contribution < -0.4 is 0 Å². The predicted molar refractivity (Wildman–Crippen MR) is 129 cm³/mol. The summed E-state index contributed by atoms with van der Waals surface area (Å²) in [6.07, 6.45) is 4.89. The van der Waals surface area contributed by atoms with E-state index in [1.807, 2.05) is 4.90 Å². The van der Waals surface area contributed by atoms with Crippen LogP contribution in [0.15, 0.2) is 54.6 Å². The van der Waals surface area contributed by atoms with Crippen LogP contribution in [0, 0.1) is 28.6 Å². The molecule has 2 aliphatic rings. The van der Waals surface area contributed by atoms with Crippen LogP contribution in [0.25, 0.3) is 6.08 Å². The molecule has 8 heteroatoms. The SMILES string of the molecule is COC(=O)C(=O)[C@@H]1[C@@H](c2ccc(C#N)cc2)[C@@H]2CCCN2[C@@]1(/C=C/c1ccc(C#N)cc1)C(=O)OC. The van der Waals surface area contributed by atoms with Crippen LogP contribution in [0.3, 0.4) is 0 Å². The third-order valence-electron chi connectivity index (χ3n) is 7.20. The van der Waals surface area contributed by atoms with Gasteiger partial charge in [-0.25, -0.2) is 9.59 Å². The van der Waals surface area contributed by atoms with E-state index in [0.717, 1.165) is 31.1 Å². The number of carbonyl (C=O) groups excluding carboxylic acids is 3. The van der Waals surface area contributed by atoms with Gasteiger partial charge in [-0.05, 0) is 54.8 Å². The number of hydrogen-bond acceptors (Lipinski definition) is 8. The normalized spacial score (nSPS) is 25.1. The van der Waals surface area contributed by atoms with Gasteiger partial charge in [-0.1, -0.05) is 36.4 Å². The zero-order valence-corrected chi connectivity index (χ0v) is 20.0. The maximum absolute atomic E-state index is 13.6. The number of ether oxygens (including phenoxy) is 2. The molecule has 0 aromatic heterocycles. The summed E-state index contributed by atoms with van der Waals surface area (Å²) in [7, 11) is 2.40. The minimum Gasteiger partial charge on any atom is -0.467 e. The Morgan fingerprint density at radius 2 is 1.58 bits per heavy atom. The van der Waals surface area contributed by atoms with Crippen molar-refractivity contribution in [1.82, 2.24) is 4.90 Å². The lowest BCUT2D eigenvalue weighted by atomic mass is 9.71. The van der Waals surface area contributed by atoms with E-state index in [1.54, 1.807) is 60.7 Å². The Morgan fingerprint density at radius 3 is 2.14 bits per heavy atom. The van der Waals surface area contributed by atoms with Gasteiger partial charge in [0.1, 0.15) is 5.54 Å². The number of benzene rings is 2. The Kier molecular flexibility index (Phi) is 7.00. The van der Waals surface area contributed by atoms with Crippen LogP contribution in [-0.2, 0) is 23.9 Å². The van der Waals surface area contributed by atoms with Gasteiger partial charge in [0.2, 0.25) is 5.78 Å². The summed E-state index contributed by atoms with van der Waals surface area (Å²) in [6, 6.07) is 17.6. The Hall–Kier alpha value is -4.27. The first-order valence-corrected chi connectivity index (χ1v) is 11.6. The number of methoxy groups -OCH3 is 2. The predicted octanol–water partition coefficient (Wildman–Crippen LogP) is 2.98. The average molecular weight is 484 g/mol. The molecule has 2 aliphatic heterocycles. The first-order valence-electron chi connectivity index (χ1n) is 11.6. The van der Waals surface area contributed by atoms with E-state index in [1.165, 1.54) is 7.11 Å². The highest BCUT2D eigenvalue weighted by Gasteiger charge is 2.66. The monoisotopic (exact) mass is 483 g/mol. The summed E-state index contributed by atoms with van der Waals surface area (Å²) < 4.78 is 10.1. The number of rotatable bonds is 6. The molecule has 2 saturated heterocycles. The fraction of sp³-hybridized carbons (Fsp3) is 0.321. The van der Waals surface area contributed by atoms with Gasteiger partial charge < -0.3 is 9.47 Å². The molecule has 8 nitrogen and oxygen atoms in total. The first-order chi connectivity index (χ1) is 17.4. The number of Topliss-reactive ketones (excluding diaryl/α,β-unsaturated/α-hetero) is 1. The molecule has 4 rings (SSSR count). The van der Waals surface area contributed by atoms with Gasteiger partial charge >= 0.3 is 11.9 Å². The van der Waals surface area contributed by atoms with E-state index < -0.39 is 35.1 Å². The van der Waals surface area contributed by atoms with Crippen LogP contribution in [0.4, 0.5) is 0 Å². The third kappa shape index (κ3) is 4.06. The molecule has 0 aliphatic carbocycles. The molecule has 2 heterocycles. The molecule has 2 fully saturated rings. The zero-order valence-electron chi connectivity index (χ0n) is 20.0. The Morgan fingerprint density at radius 1 is 0.972 bits per heavy atom. The smallest absolute Gasteiger partial charge is 0.374 e. The fourth-order valence-corrected chi connectivity index (χ4v) is 5.65. The van der Waals surface area contributed by atoms with E-state index in [9.17, 15) is 19.6 Å². The summed E-state index contributed by atoms with van der Waals surface area (Å²) >= 11 is 0. The zero-order chi connectivity index (χ0) is 25.9. The van der Waals surface area contributed by atoms with Gasteiger partial charge in [-0.15, -0.1) is 0 Å².